The number of hydrogen-bond acceptors (Lipinski definition) is 8. The molecule has 13 heteroatoms. The van der Waals surface area contributed by atoms with E-state index in [0.29, 0.717) is 31.3 Å². The zero-order valence-corrected chi connectivity index (χ0v) is 22.9. The molecule has 0 aliphatic carbocycles. The van der Waals surface area contributed by atoms with Gasteiger partial charge in [0.15, 0.2) is 11.9 Å². The Morgan fingerprint density at radius 1 is 1.13 bits per heavy atom. The van der Waals surface area contributed by atoms with Crippen LogP contribution in [-0.4, -0.2) is 61.5 Å². The van der Waals surface area contributed by atoms with E-state index in [1.807, 2.05) is 32.0 Å². The van der Waals surface area contributed by atoms with Crippen LogP contribution in [0.4, 0.5) is 4.39 Å². The average molecular weight is 569 g/mol. The summed E-state index contributed by atoms with van der Waals surface area (Å²) in [6, 6.07) is 9.22. The lowest BCUT2D eigenvalue weighted by Crippen LogP contribution is -2.18. The minimum Gasteiger partial charge on any atom is -0.453 e. The number of esters is 1. The van der Waals surface area contributed by atoms with Crippen LogP contribution in [0.3, 0.4) is 0 Å². The van der Waals surface area contributed by atoms with Crippen LogP contribution in [0.25, 0.3) is 5.69 Å². The molecule has 10 nitrogen and oxygen atoms in total. The predicted molar refractivity (Wildman–Crippen MR) is 138 cm³/mol. The molecule has 0 bridgehead atoms. The summed E-state index contributed by atoms with van der Waals surface area (Å²) in [6.45, 7) is 6.07. The van der Waals surface area contributed by atoms with Gasteiger partial charge in [0.25, 0.3) is 0 Å². The van der Waals surface area contributed by atoms with E-state index in [2.05, 4.69) is 10.1 Å². The molecule has 0 saturated carbocycles. The van der Waals surface area contributed by atoms with Crippen LogP contribution in [0.15, 0.2) is 41.3 Å². The fraction of sp³-hybridized carbons (Fsp3) is 0.400. The number of carbonyl (C=O) groups is 1. The normalized spacial score (nSPS) is 12.5. The Hall–Kier alpha value is -2.90. The number of rotatable bonds is 13. The molecule has 1 aromatic heterocycles. The minimum absolute atomic E-state index is 0.0322. The van der Waals surface area contributed by atoms with Crippen LogP contribution in [0.5, 0.6) is 0 Å². The van der Waals surface area contributed by atoms with Crippen LogP contribution in [0.1, 0.15) is 41.4 Å². The summed E-state index contributed by atoms with van der Waals surface area (Å²) in [5.41, 5.74) is 2.95. The number of aromatic nitrogens is 3. The van der Waals surface area contributed by atoms with Gasteiger partial charge in [-0.15, -0.1) is 16.7 Å². The van der Waals surface area contributed by atoms with Crippen molar-refractivity contribution in [3.05, 3.63) is 70.6 Å². The maximum Gasteiger partial charge on any atom is 0.332 e. The van der Waals surface area contributed by atoms with Gasteiger partial charge in [-0.05, 0) is 50.1 Å². The largest absolute Gasteiger partial charge is 0.453 e. The number of nitrogens with zero attached hydrogens (tertiary/aromatic N) is 3. The molecule has 0 spiro atoms. The first-order valence-corrected chi connectivity index (χ1v) is 13.8. The first-order valence-electron chi connectivity index (χ1n) is 11.7. The zero-order chi connectivity index (χ0) is 27.9. The molecule has 0 amide bonds. The summed E-state index contributed by atoms with van der Waals surface area (Å²) in [7, 11) is -4.10. The van der Waals surface area contributed by atoms with Crippen molar-refractivity contribution in [1.29, 1.82) is 0 Å². The topological polar surface area (TPSA) is 136 Å². The number of halogens is 2. The fourth-order valence-electron chi connectivity index (χ4n) is 3.55. The van der Waals surface area contributed by atoms with Crippen molar-refractivity contribution in [1.82, 2.24) is 14.8 Å². The monoisotopic (exact) mass is 568 g/mol. The van der Waals surface area contributed by atoms with Crippen LogP contribution >= 0.6 is 11.6 Å². The number of primary sulfonamides is 1. The highest BCUT2D eigenvalue weighted by atomic mass is 35.5. The molecule has 0 aliphatic heterocycles. The van der Waals surface area contributed by atoms with Gasteiger partial charge in [0.2, 0.25) is 10.0 Å². The van der Waals surface area contributed by atoms with Crippen LogP contribution in [-0.2, 0) is 35.4 Å². The molecule has 0 saturated heterocycles. The Morgan fingerprint density at radius 3 is 2.55 bits per heavy atom. The van der Waals surface area contributed by atoms with Gasteiger partial charge < -0.3 is 14.2 Å². The summed E-state index contributed by atoms with van der Waals surface area (Å²) in [6.07, 6.45) is -0.577. The van der Waals surface area contributed by atoms with Crippen molar-refractivity contribution in [3.8, 4) is 5.69 Å². The molecule has 1 atom stereocenters. The predicted octanol–water partition coefficient (Wildman–Crippen LogP) is 3.14. The van der Waals surface area contributed by atoms with Gasteiger partial charge in [0.1, 0.15) is 23.9 Å². The average Bonchev–Trinajstić information content (AvgIpc) is 3.26. The van der Waals surface area contributed by atoms with Gasteiger partial charge in [-0.3, -0.25) is 0 Å². The van der Waals surface area contributed by atoms with Crippen LogP contribution in [0.2, 0.25) is 0 Å². The van der Waals surface area contributed by atoms with Crippen molar-refractivity contribution in [3.63, 3.8) is 0 Å². The van der Waals surface area contributed by atoms with Gasteiger partial charge >= 0.3 is 5.97 Å². The maximum atomic E-state index is 15.1. The Morgan fingerprint density at radius 2 is 1.87 bits per heavy atom. The summed E-state index contributed by atoms with van der Waals surface area (Å²) in [5, 5.41) is 9.53. The Balaban J connectivity index is 1.86. The number of alkyl halides is 1. The first kappa shape index (κ1) is 29.7. The molecule has 0 fully saturated rings. The smallest absolute Gasteiger partial charge is 0.332 e. The Bertz CT molecular complexity index is 1380. The second-order valence-electron chi connectivity index (χ2n) is 8.55. The molecule has 38 heavy (non-hydrogen) atoms. The maximum absolute atomic E-state index is 15.1. The number of benzene rings is 2. The van der Waals surface area contributed by atoms with E-state index in [1.54, 1.807) is 6.92 Å². The molecule has 2 N–H and O–H groups in total. The van der Waals surface area contributed by atoms with Crippen molar-refractivity contribution < 1.29 is 31.8 Å². The van der Waals surface area contributed by atoms with Crippen molar-refractivity contribution >= 4 is 27.6 Å². The number of ether oxygens (including phenoxy) is 3. The molecule has 0 aliphatic rings. The highest BCUT2D eigenvalue weighted by Crippen LogP contribution is 2.24. The molecule has 3 rings (SSSR count). The van der Waals surface area contributed by atoms with E-state index in [-0.39, 0.29) is 29.6 Å². The molecule has 206 valence electrons. The number of aryl methyl sites for hydroxylation is 2. The second-order valence-corrected chi connectivity index (χ2v) is 10.5. The first-order chi connectivity index (χ1) is 18.0. The number of sulfonamides is 1. The highest BCUT2D eigenvalue weighted by molar-refractivity contribution is 7.89. The molecule has 3 aromatic rings. The van der Waals surface area contributed by atoms with E-state index in [4.69, 9.17) is 31.0 Å². The third-order valence-corrected chi connectivity index (χ3v) is 6.57. The Labute approximate surface area is 225 Å². The number of nitrogens with two attached hydrogens (primary N) is 1. The van der Waals surface area contributed by atoms with Crippen LogP contribution in [0, 0.1) is 19.7 Å². The van der Waals surface area contributed by atoms with E-state index < -0.39 is 27.9 Å². The van der Waals surface area contributed by atoms with Gasteiger partial charge in [0.05, 0.1) is 24.7 Å². The summed E-state index contributed by atoms with van der Waals surface area (Å²) in [4.78, 5) is 16.4. The lowest BCUT2D eigenvalue weighted by Gasteiger charge is -2.11. The van der Waals surface area contributed by atoms with E-state index in [9.17, 15) is 13.2 Å². The summed E-state index contributed by atoms with van der Waals surface area (Å²) < 4.78 is 55.5. The van der Waals surface area contributed by atoms with Crippen molar-refractivity contribution in [2.45, 2.75) is 38.2 Å². The fourth-order valence-corrected chi connectivity index (χ4v) is 4.19. The van der Waals surface area contributed by atoms with Crippen molar-refractivity contribution in [2.75, 3.05) is 32.3 Å². The van der Waals surface area contributed by atoms with Gasteiger partial charge in [-0.1, -0.05) is 23.8 Å². The third kappa shape index (κ3) is 8.05. The summed E-state index contributed by atoms with van der Waals surface area (Å²) >= 11 is 5.52. The minimum atomic E-state index is -4.10. The van der Waals surface area contributed by atoms with Gasteiger partial charge in [0, 0.05) is 12.3 Å². The third-order valence-electron chi connectivity index (χ3n) is 5.50. The standard InChI is InChI=1S/C25H30ClFN4O6S/c1-16-4-5-17(2)19(12-16)13-23-29-25(18(3)37-24(32)15-36-11-10-35-9-8-26)30-31(23)22-7-6-20(14-21(22)27)38(28,33)34/h4-7,12,14,18H,8-11,13,15H2,1-3H3,(H2,28,33,34). The number of hydrogen-bond donors (Lipinski definition) is 1. The summed E-state index contributed by atoms with van der Waals surface area (Å²) in [5.74, 6) is -0.619. The lowest BCUT2D eigenvalue weighted by molar-refractivity contribution is -0.154. The second kappa shape index (κ2) is 13.3. The number of carbonyl (C=O) groups excluding carboxylic acids is 1. The SMILES string of the molecule is Cc1ccc(C)c(Cc2nc(C(C)OC(=O)COCCOCCCl)nn2-c2ccc(S(N)(=O)=O)cc2F)c1. The van der Waals surface area contributed by atoms with Crippen LogP contribution < -0.4 is 5.14 Å². The lowest BCUT2D eigenvalue weighted by atomic mass is 10.0. The molecular weight excluding hydrogens is 539 g/mol. The molecule has 0 radical (unpaired) electrons. The Kier molecular flexibility index (Phi) is 10.3. The van der Waals surface area contributed by atoms with E-state index in [0.717, 1.165) is 22.8 Å². The van der Waals surface area contributed by atoms with E-state index >= 15 is 4.39 Å². The highest BCUT2D eigenvalue weighted by Gasteiger charge is 2.23. The quantitative estimate of drug-likeness (QED) is 0.189. The van der Waals surface area contributed by atoms with E-state index in [1.165, 1.54) is 16.8 Å². The molecule has 1 unspecified atom stereocenters. The molecule has 1 heterocycles. The molecular formula is C25H30ClFN4O6S. The van der Waals surface area contributed by atoms with Gasteiger partial charge in [-0.2, -0.15) is 0 Å². The van der Waals surface area contributed by atoms with Crippen molar-refractivity contribution in [2.24, 2.45) is 5.14 Å². The van der Waals surface area contributed by atoms with Gasteiger partial charge in [-0.25, -0.2) is 32.4 Å². The molecule has 2 aromatic carbocycles. The zero-order valence-electron chi connectivity index (χ0n) is 21.3.